The fraction of sp³-hybridized carbons (Fsp3) is 0.211. The zero-order valence-corrected chi connectivity index (χ0v) is 13.9. The highest BCUT2D eigenvalue weighted by molar-refractivity contribution is 5.82. The normalized spacial score (nSPS) is 12.2. The first-order chi connectivity index (χ1) is 12.2. The SMILES string of the molecule is NCc1ccc(CONC(=O)[C@H](N)Cc2cc3ccccc3[nH]2)cc1. The zero-order chi connectivity index (χ0) is 17.6. The van der Waals surface area contributed by atoms with Gasteiger partial charge in [0.25, 0.3) is 5.91 Å². The summed E-state index contributed by atoms with van der Waals surface area (Å²) in [5, 5.41) is 1.10. The number of hydrogen-bond acceptors (Lipinski definition) is 4. The molecule has 1 heterocycles. The molecule has 0 aliphatic heterocycles. The predicted molar refractivity (Wildman–Crippen MR) is 97.2 cm³/mol. The van der Waals surface area contributed by atoms with Crippen LogP contribution in [0.1, 0.15) is 16.8 Å². The van der Waals surface area contributed by atoms with Gasteiger partial charge in [0.2, 0.25) is 0 Å². The number of para-hydroxylation sites is 1. The molecule has 1 aromatic heterocycles. The van der Waals surface area contributed by atoms with Gasteiger partial charge < -0.3 is 16.5 Å². The minimum Gasteiger partial charge on any atom is -0.358 e. The highest BCUT2D eigenvalue weighted by Gasteiger charge is 2.15. The van der Waals surface area contributed by atoms with Gasteiger partial charge in [-0.25, -0.2) is 5.48 Å². The van der Waals surface area contributed by atoms with E-state index < -0.39 is 6.04 Å². The molecule has 130 valence electrons. The fourth-order valence-electron chi connectivity index (χ4n) is 2.61. The van der Waals surface area contributed by atoms with Crippen LogP contribution in [0.3, 0.4) is 0 Å². The van der Waals surface area contributed by atoms with Gasteiger partial charge >= 0.3 is 0 Å². The molecule has 0 aliphatic carbocycles. The van der Waals surface area contributed by atoms with Crippen LogP contribution >= 0.6 is 0 Å². The Morgan fingerprint density at radius 1 is 1.12 bits per heavy atom. The van der Waals surface area contributed by atoms with Gasteiger partial charge in [-0.05, 0) is 28.6 Å². The van der Waals surface area contributed by atoms with Crippen LogP contribution in [0.5, 0.6) is 0 Å². The van der Waals surface area contributed by atoms with Gasteiger partial charge in [0.1, 0.15) is 0 Å². The van der Waals surface area contributed by atoms with Crippen LogP contribution in [-0.2, 0) is 29.2 Å². The van der Waals surface area contributed by atoms with E-state index in [1.54, 1.807) is 0 Å². The van der Waals surface area contributed by atoms with Crippen LogP contribution in [0, 0.1) is 0 Å². The third kappa shape index (κ3) is 4.45. The smallest absolute Gasteiger partial charge is 0.260 e. The first kappa shape index (κ1) is 17.2. The molecule has 6 N–H and O–H groups in total. The number of carbonyl (C=O) groups excluding carboxylic acids is 1. The number of carbonyl (C=O) groups is 1. The molecule has 0 fully saturated rings. The Balaban J connectivity index is 1.48. The third-order valence-corrected chi connectivity index (χ3v) is 4.03. The Bertz CT molecular complexity index is 809. The van der Waals surface area contributed by atoms with Crippen molar-refractivity contribution in [3.8, 4) is 0 Å². The van der Waals surface area contributed by atoms with Crippen molar-refractivity contribution in [1.82, 2.24) is 10.5 Å². The zero-order valence-electron chi connectivity index (χ0n) is 13.9. The van der Waals surface area contributed by atoms with Crippen LogP contribution < -0.4 is 16.9 Å². The van der Waals surface area contributed by atoms with E-state index in [1.807, 2.05) is 54.6 Å². The molecule has 0 bridgehead atoms. The molecule has 0 spiro atoms. The molecule has 1 amide bonds. The first-order valence-corrected chi connectivity index (χ1v) is 8.17. The summed E-state index contributed by atoms with van der Waals surface area (Å²) < 4.78 is 0. The number of aromatic nitrogens is 1. The number of hydrogen-bond donors (Lipinski definition) is 4. The molecular formula is C19H22N4O2. The molecule has 2 aromatic carbocycles. The summed E-state index contributed by atoms with van der Waals surface area (Å²) in [4.78, 5) is 20.6. The number of nitrogens with one attached hydrogen (secondary N) is 2. The van der Waals surface area contributed by atoms with E-state index in [1.165, 1.54) is 0 Å². The van der Waals surface area contributed by atoms with Crippen molar-refractivity contribution in [3.05, 3.63) is 71.4 Å². The first-order valence-electron chi connectivity index (χ1n) is 8.17. The van der Waals surface area contributed by atoms with E-state index >= 15 is 0 Å². The van der Waals surface area contributed by atoms with E-state index in [4.69, 9.17) is 16.3 Å². The number of aromatic amines is 1. The Kier molecular flexibility index (Phi) is 5.45. The molecule has 0 radical (unpaired) electrons. The number of hydroxylamine groups is 1. The van der Waals surface area contributed by atoms with E-state index in [-0.39, 0.29) is 12.5 Å². The van der Waals surface area contributed by atoms with Crippen molar-refractivity contribution >= 4 is 16.8 Å². The average molecular weight is 338 g/mol. The molecule has 25 heavy (non-hydrogen) atoms. The van der Waals surface area contributed by atoms with Gasteiger partial charge in [-0.3, -0.25) is 9.63 Å². The second-order valence-electron chi connectivity index (χ2n) is 5.97. The van der Waals surface area contributed by atoms with Crippen molar-refractivity contribution in [3.63, 3.8) is 0 Å². The number of benzene rings is 2. The van der Waals surface area contributed by atoms with E-state index in [0.29, 0.717) is 13.0 Å². The number of rotatable bonds is 7. The van der Waals surface area contributed by atoms with Gasteiger partial charge in [-0.15, -0.1) is 0 Å². The molecule has 0 saturated heterocycles. The minimum atomic E-state index is -0.687. The van der Waals surface area contributed by atoms with E-state index in [2.05, 4.69) is 10.5 Å². The summed E-state index contributed by atoms with van der Waals surface area (Å²) in [6.45, 7) is 0.774. The Labute approximate surface area is 146 Å². The highest BCUT2D eigenvalue weighted by atomic mass is 16.6. The number of amides is 1. The maximum atomic E-state index is 12.1. The van der Waals surface area contributed by atoms with E-state index in [0.717, 1.165) is 27.7 Å². The molecule has 0 saturated carbocycles. The number of nitrogens with two attached hydrogens (primary N) is 2. The second-order valence-corrected chi connectivity index (χ2v) is 5.97. The molecule has 1 atom stereocenters. The number of H-pyrrole nitrogens is 1. The summed E-state index contributed by atoms with van der Waals surface area (Å²) in [7, 11) is 0. The van der Waals surface area contributed by atoms with Crippen molar-refractivity contribution in [2.24, 2.45) is 11.5 Å². The van der Waals surface area contributed by atoms with Crippen LogP contribution in [0.15, 0.2) is 54.6 Å². The van der Waals surface area contributed by atoms with E-state index in [9.17, 15) is 4.79 Å². The van der Waals surface area contributed by atoms with Crippen molar-refractivity contribution in [1.29, 1.82) is 0 Å². The molecule has 0 unspecified atom stereocenters. The summed E-state index contributed by atoms with van der Waals surface area (Å²) >= 11 is 0. The standard InChI is InChI=1S/C19H22N4O2/c20-11-13-5-7-14(8-6-13)12-25-23-19(24)17(21)10-16-9-15-3-1-2-4-18(15)22-16/h1-9,17,22H,10-12,20-21H2,(H,23,24)/t17-/m1/s1. The monoisotopic (exact) mass is 338 g/mol. The van der Waals surface area contributed by atoms with Gasteiger partial charge in [0.05, 0.1) is 12.6 Å². The predicted octanol–water partition coefficient (Wildman–Crippen LogP) is 1.74. The number of fused-ring (bicyclic) bond motifs is 1. The molecule has 6 nitrogen and oxygen atoms in total. The Hall–Kier alpha value is -2.67. The lowest BCUT2D eigenvalue weighted by atomic mass is 10.1. The van der Waals surface area contributed by atoms with Crippen LogP contribution in [0.4, 0.5) is 0 Å². The fourth-order valence-corrected chi connectivity index (χ4v) is 2.61. The van der Waals surface area contributed by atoms with Crippen LogP contribution in [0.2, 0.25) is 0 Å². The summed E-state index contributed by atoms with van der Waals surface area (Å²) in [5.74, 6) is -0.350. The summed E-state index contributed by atoms with van der Waals surface area (Å²) in [6.07, 6.45) is 0.412. The third-order valence-electron chi connectivity index (χ3n) is 4.03. The van der Waals surface area contributed by atoms with Crippen molar-refractivity contribution in [2.75, 3.05) is 0 Å². The molecular weight excluding hydrogens is 316 g/mol. The lowest BCUT2D eigenvalue weighted by Crippen LogP contribution is -2.41. The van der Waals surface area contributed by atoms with Gasteiger partial charge in [0.15, 0.2) is 0 Å². The van der Waals surface area contributed by atoms with Crippen LogP contribution in [-0.4, -0.2) is 16.9 Å². The van der Waals surface area contributed by atoms with Gasteiger partial charge in [-0.1, -0.05) is 42.5 Å². The molecule has 3 aromatic rings. The lowest BCUT2D eigenvalue weighted by molar-refractivity contribution is -0.135. The highest BCUT2D eigenvalue weighted by Crippen LogP contribution is 2.15. The van der Waals surface area contributed by atoms with Gasteiger partial charge in [0, 0.05) is 24.2 Å². The maximum absolute atomic E-state index is 12.1. The molecule has 3 rings (SSSR count). The molecule has 0 aliphatic rings. The largest absolute Gasteiger partial charge is 0.358 e. The molecule has 6 heteroatoms. The van der Waals surface area contributed by atoms with Crippen molar-refractivity contribution < 1.29 is 9.63 Å². The Morgan fingerprint density at radius 2 is 1.84 bits per heavy atom. The van der Waals surface area contributed by atoms with Gasteiger partial charge in [-0.2, -0.15) is 0 Å². The maximum Gasteiger partial charge on any atom is 0.260 e. The average Bonchev–Trinajstić information content (AvgIpc) is 3.04. The quantitative estimate of drug-likeness (QED) is 0.492. The summed E-state index contributed by atoms with van der Waals surface area (Å²) in [5.41, 5.74) is 17.9. The van der Waals surface area contributed by atoms with Crippen molar-refractivity contribution in [2.45, 2.75) is 25.6 Å². The lowest BCUT2D eigenvalue weighted by Gasteiger charge is -2.11. The van der Waals surface area contributed by atoms with Crippen LogP contribution in [0.25, 0.3) is 10.9 Å². The minimum absolute atomic E-state index is 0.274. The Morgan fingerprint density at radius 3 is 2.56 bits per heavy atom. The topological polar surface area (TPSA) is 106 Å². The second kappa shape index (κ2) is 7.94. The summed E-state index contributed by atoms with van der Waals surface area (Å²) in [6, 6.07) is 16.9.